The van der Waals surface area contributed by atoms with E-state index in [4.69, 9.17) is 14.2 Å². The zero-order chi connectivity index (χ0) is 52.2. The molecule has 0 fully saturated rings. The van der Waals surface area contributed by atoms with Crippen molar-refractivity contribution in [1.82, 2.24) is 0 Å². The molecular formula is C66H112O6. The molecular weight excluding hydrogens is 889 g/mol. The van der Waals surface area contributed by atoms with Gasteiger partial charge in [-0.05, 0) is 103 Å². The van der Waals surface area contributed by atoms with Gasteiger partial charge in [0.15, 0.2) is 6.10 Å². The largest absolute Gasteiger partial charge is 0.462 e. The molecule has 0 radical (unpaired) electrons. The summed E-state index contributed by atoms with van der Waals surface area (Å²) in [5.41, 5.74) is 0. The molecule has 6 heteroatoms. The van der Waals surface area contributed by atoms with Crippen LogP contribution in [0.15, 0.2) is 97.2 Å². The van der Waals surface area contributed by atoms with Gasteiger partial charge in [0.1, 0.15) is 13.2 Å². The average molecular weight is 1000 g/mol. The molecule has 0 aromatic carbocycles. The minimum absolute atomic E-state index is 0.0868. The van der Waals surface area contributed by atoms with Gasteiger partial charge >= 0.3 is 17.9 Å². The molecule has 72 heavy (non-hydrogen) atoms. The van der Waals surface area contributed by atoms with E-state index < -0.39 is 6.10 Å². The smallest absolute Gasteiger partial charge is 0.306 e. The molecule has 0 bridgehead atoms. The second-order valence-electron chi connectivity index (χ2n) is 19.9. The van der Waals surface area contributed by atoms with Crippen LogP contribution < -0.4 is 0 Å². The molecule has 0 aromatic heterocycles. The van der Waals surface area contributed by atoms with Crippen molar-refractivity contribution in [1.29, 1.82) is 0 Å². The minimum Gasteiger partial charge on any atom is -0.462 e. The highest BCUT2D eigenvalue weighted by atomic mass is 16.6. The highest BCUT2D eigenvalue weighted by Crippen LogP contribution is 2.15. The lowest BCUT2D eigenvalue weighted by Crippen LogP contribution is -2.30. The average Bonchev–Trinajstić information content (AvgIpc) is 3.38. The Morgan fingerprint density at radius 3 is 0.847 bits per heavy atom. The fourth-order valence-corrected chi connectivity index (χ4v) is 8.30. The van der Waals surface area contributed by atoms with Gasteiger partial charge in [-0.3, -0.25) is 14.4 Å². The number of ether oxygens (including phenoxy) is 3. The van der Waals surface area contributed by atoms with Crippen molar-refractivity contribution < 1.29 is 28.6 Å². The molecule has 0 rings (SSSR count). The van der Waals surface area contributed by atoms with Gasteiger partial charge in [-0.1, -0.05) is 259 Å². The summed E-state index contributed by atoms with van der Waals surface area (Å²) in [7, 11) is 0. The van der Waals surface area contributed by atoms with E-state index in [0.29, 0.717) is 19.3 Å². The van der Waals surface area contributed by atoms with Gasteiger partial charge in [0.05, 0.1) is 0 Å². The van der Waals surface area contributed by atoms with Crippen LogP contribution in [0.3, 0.4) is 0 Å². The number of hydrogen-bond acceptors (Lipinski definition) is 6. The summed E-state index contributed by atoms with van der Waals surface area (Å²) in [6, 6.07) is 0. The Morgan fingerprint density at radius 2 is 0.542 bits per heavy atom. The van der Waals surface area contributed by atoms with Crippen LogP contribution in [0.1, 0.15) is 284 Å². The van der Waals surface area contributed by atoms with Crippen LogP contribution in [-0.2, 0) is 28.6 Å². The van der Waals surface area contributed by atoms with Crippen molar-refractivity contribution in [3.63, 3.8) is 0 Å². The molecule has 0 N–H and O–H groups in total. The number of carbonyl (C=O) groups excluding carboxylic acids is 3. The fraction of sp³-hybridized carbons (Fsp3) is 0.712. The Morgan fingerprint density at radius 1 is 0.292 bits per heavy atom. The summed E-state index contributed by atoms with van der Waals surface area (Å²) in [5, 5.41) is 0. The first-order chi connectivity index (χ1) is 35.5. The van der Waals surface area contributed by atoms with E-state index in [-0.39, 0.29) is 31.1 Å². The Labute approximate surface area is 445 Å². The van der Waals surface area contributed by atoms with Gasteiger partial charge in [0, 0.05) is 19.3 Å². The Kier molecular flexibility index (Phi) is 56.8. The molecule has 0 heterocycles. The summed E-state index contributed by atoms with van der Waals surface area (Å²) in [6.07, 6.45) is 79.7. The summed E-state index contributed by atoms with van der Waals surface area (Å²) in [4.78, 5) is 38.2. The van der Waals surface area contributed by atoms with Crippen molar-refractivity contribution in [2.45, 2.75) is 290 Å². The molecule has 0 aliphatic heterocycles. The molecule has 0 amide bonds. The molecule has 0 saturated carbocycles. The second kappa shape index (κ2) is 59.9. The number of unbranched alkanes of at least 4 members (excludes halogenated alkanes) is 27. The first-order valence-electron chi connectivity index (χ1n) is 30.2. The third-order valence-corrected chi connectivity index (χ3v) is 12.8. The number of esters is 3. The van der Waals surface area contributed by atoms with Crippen molar-refractivity contribution >= 4 is 17.9 Å². The van der Waals surface area contributed by atoms with Crippen molar-refractivity contribution in [3.05, 3.63) is 97.2 Å². The molecule has 1 atom stereocenters. The molecule has 0 spiro atoms. The maximum atomic E-state index is 12.9. The van der Waals surface area contributed by atoms with Crippen LogP contribution in [0.2, 0.25) is 0 Å². The number of hydrogen-bond donors (Lipinski definition) is 0. The zero-order valence-corrected chi connectivity index (χ0v) is 47.2. The number of allylic oxidation sites excluding steroid dienone is 16. The Hall–Kier alpha value is -3.67. The van der Waals surface area contributed by atoms with Gasteiger partial charge < -0.3 is 14.2 Å². The summed E-state index contributed by atoms with van der Waals surface area (Å²) in [6.45, 7) is 6.49. The van der Waals surface area contributed by atoms with Crippen LogP contribution >= 0.6 is 0 Å². The Balaban J connectivity index is 4.35. The maximum Gasteiger partial charge on any atom is 0.306 e. The van der Waals surface area contributed by atoms with E-state index in [9.17, 15) is 14.4 Å². The predicted octanol–water partition coefficient (Wildman–Crippen LogP) is 20.5. The van der Waals surface area contributed by atoms with Crippen LogP contribution in [0, 0.1) is 0 Å². The normalized spacial score (nSPS) is 12.8. The first kappa shape index (κ1) is 68.3. The van der Waals surface area contributed by atoms with Crippen LogP contribution in [0.25, 0.3) is 0 Å². The van der Waals surface area contributed by atoms with Gasteiger partial charge in [0.25, 0.3) is 0 Å². The predicted molar refractivity (Wildman–Crippen MR) is 311 cm³/mol. The SMILES string of the molecule is CC/C=C\C/C=C\C/C=C\C/C=C\C/C=C\CCCCCCCC(=O)OC(COC(=O)CCCCCCCCCC/C=C\C/C=C\C/C=C\CCCCCCC)COC(=O)CCCCCCCCCCCC. The third-order valence-electron chi connectivity index (χ3n) is 12.8. The molecule has 0 aliphatic rings. The highest BCUT2D eigenvalue weighted by Gasteiger charge is 2.19. The molecule has 0 saturated heterocycles. The lowest BCUT2D eigenvalue weighted by atomic mass is 10.1. The fourth-order valence-electron chi connectivity index (χ4n) is 8.30. The van der Waals surface area contributed by atoms with E-state index >= 15 is 0 Å². The minimum atomic E-state index is -0.791. The standard InChI is InChI=1S/C66H112O6/c1-4-7-10-13-16-19-22-24-26-28-30-32-33-35-36-38-40-42-44-47-50-53-56-59-65(68)71-62-63(61-70-64(67)58-55-52-49-46-21-18-15-12-9-6-3)72-66(69)60-57-54-51-48-45-43-41-39-37-34-31-29-27-25-23-20-17-14-11-8-5-2/h8,11,17,20,22,24-25,27-28,30-31,33-35,39,41,63H,4-7,9-10,12-16,18-19,21,23,26,29,32,36-38,40,42-62H2,1-3H3/b11-8-,20-17-,24-22-,27-25-,30-28-,34-31-,35-33-,41-39-. The molecule has 412 valence electrons. The number of rotatable bonds is 54. The highest BCUT2D eigenvalue weighted by molar-refractivity contribution is 5.71. The zero-order valence-electron chi connectivity index (χ0n) is 47.2. The first-order valence-corrected chi connectivity index (χ1v) is 30.2. The van der Waals surface area contributed by atoms with E-state index in [1.165, 1.54) is 116 Å². The third kappa shape index (κ3) is 57.2. The molecule has 0 aromatic rings. The molecule has 1 unspecified atom stereocenters. The number of carbonyl (C=O) groups is 3. The maximum absolute atomic E-state index is 12.9. The van der Waals surface area contributed by atoms with Crippen LogP contribution in [0.5, 0.6) is 0 Å². The second-order valence-corrected chi connectivity index (χ2v) is 19.9. The van der Waals surface area contributed by atoms with Gasteiger partial charge in [-0.2, -0.15) is 0 Å². The summed E-state index contributed by atoms with van der Waals surface area (Å²) in [5.74, 6) is -0.909. The van der Waals surface area contributed by atoms with E-state index in [1.54, 1.807) is 0 Å². The van der Waals surface area contributed by atoms with E-state index in [1.807, 2.05) is 0 Å². The lowest BCUT2D eigenvalue weighted by molar-refractivity contribution is -0.167. The van der Waals surface area contributed by atoms with Crippen LogP contribution in [-0.4, -0.2) is 37.2 Å². The van der Waals surface area contributed by atoms with E-state index in [2.05, 4.69) is 118 Å². The quantitative estimate of drug-likeness (QED) is 0.0261. The van der Waals surface area contributed by atoms with E-state index in [0.717, 1.165) is 128 Å². The van der Waals surface area contributed by atoms with Gasteiger partial charge in [-0.25, -0.2) is 0 Å². The van der Waals surface area contributed by atoms with Crippen LogP contribution in [0.4, 0.5) is 0 Å². The van der Waals surface area contributed by atoms with Crippen molar-refractivity contribution in [3.8, 4) is 0 Å². The van der Waals surface area contributed by atoms with Crippen molar-refractivity contribution in [2.24, 2.45) is 0 Å². The monoisotopic (exact) mass is 1000 g/mol. The molecule has 6 nitrogen and oxygen atoms in total. The summed E-state index contributed by atoms with van der Waals surface area (Å²) >= 11 is 0. The molecule has 0 aliphatic carbocycles. The Bertz CT molecular complexity index is 1430. The topological polar surface area (TPSA) is 78.9 Å². The van der Waals surface area contributed by atoms with Gasteiger partial charge in [0.2, 0.25) is 0 Å². The summed E-state index contributed by atoms with van der Waals surface area (Å²) < 4.78 is 16.9. The van der Waals surface area contributed by atoms with Gasteiger partial charge in [-0.15, -0.1) is 0 Å². The lowest BCUT2D eigenvalue weighted by Gasteiger charge is -2.18. The van der Waals surface area contributed by atoms with Crippen molar-refractivity contribution in [2.75, 3.05) is 13.2 Å².